The van der Waals surface area contributed by atoms with Crippen molar-refractivity contribution in [3.05, 3.63) is 47.0 Å². The van der Waals surface area contributed by atoms with Gasteiger partial charge in [0.15, 0.2) is 5.78 Å². The van der Waals surface area contributed by atoms with Crippen molar-refractivity contribution in [2.24, 2.45) is 0 Å². The Balaban J connectivity index is 2.42. The third-order valence-corrected chi connectivity index (χ3v) is 2.69. The van der Waals surface area contributed by atoms with E-state index in [0.717, 1.165) is 11.1 Å². The number of carbonyl (C=O) groups is 1. The molecule has 74 valence electrons. The molecule has 0 heterocycles. The number of benzene rings is 1. The number of ketones is 1. The summed E-state index contributed by atoms with van der Waals surface area (Å²) >= 11 is 0. The van der Waals surface area contributed by atoms with Crippen molar-refractivity contribution in [2.75, 3.05) is 0 Å². The van der Waals surface area contributed by atoms with Gasteiger partial charge in [0.25, 0.3) is 0 Å². The first-order valence-corrected chi connectivity index (χ1v) is 4.93. The molecule has 2 heteroatoms. The molecule has 0 spiro atoms. The van der Waals surface area contributed by atoms with E-state index in [1.54, 1.807) is 6.92 Å². The van der Waals surface area contributed by atoms with Crippen LogP contribution in [0.3, 0.4) is 0 Å². The molecular formula is C13H11NO. The largest absolute Gasteiger partial charge is 0.294 e. The van der Waals surface area contributed by atoms with Gasteiger partial charge in [-0.15, -0.1) is 0 Å². The first kappa shape index (κ1) is 9.67. The van der Waals surface area contributed by atoms with Crippen LogP contribution in [-0.4, -0.2) is 5.78 Å². The first-order chi connectivity index (χ1) is 7.22. The lowest BCUT2D eigenvalue weighted by atomic mass is 9.99. The average Bonchev–Trinajstić information content (AvgIpc) is 2.57. The topological polar surface area (TPSA) is 40.9 Å². The van der Waals surface area contributed by atoms with E-state index in [4.69, 9.17) is 5.26 Å². The molecule has 0 aliphatic heterocycles. The number of nitriles is 1. The molecule has 2 nitrogen and oxygen atoms in total. The predicted molar refractivity (Wildman–Crippen MR) is 57.5 cm³/mol. The average molecular weight is 197 g/mol. The second kappa shape index (κ2) is 3.70. The molecule has 0 bridgehead atoms. The van der Waals surface area contributed by atoms with Gasteiger partial charge in [-0.1, -0.05) is 30.3 Å². The second-order valence-corrected chi connectivity index (χ2v) is 3.78. The third-order valence-electron chi connectivity index (χ3n) is 2.69. The van der Waals surface area contributed by atoms with Gasteiger partial charge < -0.3 is 0 Å². The van der Waals surface area contributed by atoms with E-state index in [2.05, 4.69) is 6.07 Å². The zero-order valence-electron chi connectivity index (χ0n) is 8.53. The van der Waals surface area contributed by atoms with Crippen molar-refractivity contribution in [2.45, 2.75) is 19.3 Å². The first-order valence-electron chi connectivity index (χ1n) is 4.93. The number of nitrogens with zero attached hydrogens (tertiary/aromatic N) is 1. The highest BCUT2D eigenvalue weighted by Gasteiger charge is 2.27. The molecule has 1 aromatic carbocycles. The van der Waals surface area contributed by atoms with Gasteiger partial charge in [0.05, 0.1) is 6.07 Å². The Morgan fingerprint density at radius 2 is 2.27 bits per heavy atom. The van der Waals surface area contributed by atoms with Crippen LogP contribution in [-0.2, 0) is 0 Å². The smallest absolute Gasteiger partial charge is 0.164 e. The van der Waals surface area contributed by atoms with E-state index in [1.165, 1.54) is 0 Å². The van der Waals surface area contributed by atoms with Crippen LogP contribution in [0.4, 0.5) is 0 Å². The normalized spacial score (nSPS) is 19.9. The Bertz CT molecular complexity index is 480. The summed E-state index contributed by atoms with van der Waals surface area (Å²) in [7, 11) is 0. The van der Waals surface area contributed by atoms with Gasteiger partial charge in [0.1, 0.15) is 0 Å². The van der Waals surface area contributed by atoms with Crippen LogP contribution >= 0.6 is 0 Å². The summed E-state index contributed by atoms with van der Waals surface area (Å²) in [6.07, 6.45) is 2.38. The fourth-order valence-electron chi connectivity index (χ4n) is 1.98. The fourth-order valence-corrected chi connectivity index (χ4v) is 1.98. The number of carbonyl (C=O) groups excluding carboxylic acids is 1. The van der Waals surface area contributed by atoms with E-state index in [1.807, 2.05) is 30.3 Å². The van der Waals surface area contributed by atoms with Crippen molar-refractivity contribution in [1.29, 1.82) is 5.26 Å². The SMILES string of the molecule is CC(C#N)=CC1CC(=O)c2ccccc21. The summed E-state index contributed by atoms with van der Waals surface area (Å²) in [5.41, 5.74) is 2.53. The molecule has 0 radical (unpaired) electrons. The number of allylic oxidation sites excluding steroid dienone is 2. The molecule has 1 atom stereocenters. The van der Waals surface area contributed by atoms with Crippen LogP contribution in [0.15, 0.2) is 35.9 Å². The molecule has 1 unspecified atom stereocenters. The maximum absolute atomic E-state index is 11.6. The van der Waals surface area contributed by atoms with E-state index in [0.29, 0.717) is 12.0 Å². The van der Waals surface area contributed by atoms with Crippen LogP contribution in [0, 0.1) is 11.3 Å². The van der Waals surface area contributed by atoms with Crippen LogP contribution in [0.2, 0.25) is 0 Å². The Labute approximate surface area is 88.8 Å². The Morgan fingerprint density at radius 1 is 1.53 bits per heavy atom. The molecule has 1 aromatic rings. The summed E-state index contributed by atoms with van der Waals surface area (Å²) in [4.78, 5) is 11.6. The van der Waals surface area contributed by atoms with Crippen LogP contribution in [0.25, 0.3) is 0 Å². The lowest BCUT2D eigenvalue weighted by molar-refractivity contribution is 0.0992. The highest BCUT2D eigenvalue weighted by Crippen LogP contribution is 2.34. The van der Waals surface area contributed by atoms with Crippen LogP contribution in [0.5, 0.6) is 0 Å². The van der Waals surface area contributed by atoms with Gasteiger partial charge in [-0.2, -0.15) is 5.26 Å². The van der Waals surface area contributed by atoms with Gasteiger partial charge >= 0.3 is 0 Å². The lowest BCUT2D eigenvalue weighted by Gasteiger charge is -2.03. The molecule has 0 aromatic heterocycles. The maximum Gasteiger partial charge on any atom is 0.164 e. The number of rotatable bonds is 1. The maximum atomic E-state index is 11.6. The molecule has 2 rings (SSSR count). The monoisotopic (exact) mass is 197 g/mol. The third kappa shape index (κ3) is 1.69. The number of hydrogen-bond acceptors (Lipinski definition) is 2. The highest BCUT2D eigenvalue weighted by molar-refractivity contribution is 6.01. The number of Topliss-reactive ketones (excluding diaryl/α,β-unsaturated/α-hetero) is 1. The Morgan fingerprint density at radius 3 is 3.00 bits per heavy atom. The summed E-state index contributed by atoms with van der Waals surface area (Å²) < 4.78 is 0. The minimum atomic E-state index is 0.0911. The molecule has 0 saturated heterocycles. The van der Waals surface area contributed by atoms with Crippen molar-refractivity contribution >= 4 is 5.78 Å². The minimum Gasteiger partial charge on any atom is -0.294 e. The predicted octanol–water partition coefficient (Wildman–Crippen LogP) is 2.83. The zero-order valence-corrected chi connectivity index (χ0v) is 8.53. The molecule has 0 saturated carbocycles. The fraction of sp³-hybridized carbons (Fsp3) is 0.231. The van der Waals surface area contributed by atoms with Crippen molar-refractivity contribution in [1.82, 2.24) is 0 Å². The second-order valence-electron chi connectivity index (χ2n) is 3.78. The van der Waals surface area contributed by atoms with Gasteiger partial charge in [-0.25, -0.2) is 0 Å². The van der Waals surface area contributed by atoms with Crippen molar-refractivity contribution < 1.29 is 4.79 Å². The summed E-state index contributed by atoms with van der Waals surface area (Å²) in [6.45, 7) is 1.77. The Hall–Kier alpha value is -1.88. The minimum absolute atomic E-state index is 0.0911. The lowest BCUT2D eigenvalue weighted by Crippen LogP contribution is -1.90. The van der Waals surface area contributed by atoms with Crippen molar-refractivity contribution in [3.63, 3.8) is 0 Å². The molecule has 1 aliphatic carbocycles. The molecular weight excluding hydrogens is 186 g/mol. The molecule has 0 N–H and O–H groups in total. The standard InChI is InChI=1S/C13H11NO/c1-9(8-14)6-10-7-13(15)12-5-3-2-4-11(10)12/h2-6,10H,7H2,1H3. The molecule has 15 heavy (non-hydrogen) atoms. The summed E-state index contributed by atoms with van der Waals surface area (Å²) in [6, 6.07) is 9.71. The molecule has 0 amide bonds. The van der Waals surface area contributed by atoms with Gasteiger partial charge in [0.2, 0.25) is 0 Å². The van der Waals surface area contributed by atoms with E-state index in [9.17, 15) is 4.79 Å². The van der Waals surface area contributed by atoms with Crippen LogP contribution < -0.4 is 0 Å². The molecule has 1 aliphatic rings. The van der Waals surface area contributed by atoms with Crippen LogP contribution in [0.1, 0.15) is 35.2 Å². The number of fused-ring (bicyclic) bond motifs is 1. The van der Waals surface area contributed by atoms with Gasteiger partial charge in [-0.05, 0) is 12.5 Å². The quantitative estimate of drug-likeness (QED) is 0.649. The Kier molecular flexibility index (Phi) is 2.39. The molecule has 0 fully saturated rings. The van der Waals surface area contributed by atoms with Gasteiger partial charge in [0, 0.05) is 23.5 Å². The zero-order chi connectivity index (χ0) is 10.8. The number of hydrogen-bond donors (Lipinski definition) is 0. The summed E-state index contributed by atoms with van der Waals surface area (Å²) in [5, 5.41) is 8.71. The van der Waals surface area contributed by atoms with Gasteiger partial charge in [-0.3, -0.25) is 4.79 Å². The van der Waals surface area contributed by atoms with E-state index in [-0.39, 0.29) is 11.7 Å². The summed E-state index contributed by atoms with van der Waals surface area (Å²) in [5.74, 6) is 0.269. The van der Waals surface area contributed by atoms with Crippen molar-refractivity contribution in [3.8, 4) is 6.07 Å². The van der Waals surface area contributed by atoms with E-state index >= 15 is 0 Å². The van der Waals surface area contributed by atoms with E-state index < -0.39 is 0 Å². The highest BCUT2D eigenvalue weighted by atomic mass is 16.1.